The Hall–Kier alpha value is -3.75. The minimum atomic E-state index is -0.265. The van der Waals surface area contributed by atoms with Gasteiger partial charge in [-0.3, -0.25) is 19.8 Å². The molecule has 0 aliphatic carbocycles. The van der Waals surface area contributed by atoms with Gasteiger partial charge in [-0.05, 0) is 29.7 Å². The number of carbonyl (C=O) groups excluding carboxylic acids is 2. The summed E-state index contributed by atoms with van der Waals surface area (Å²) in [6, 6.07) is 18.7. The molecule has 1 fully saturated rings. The van der Waals surface area contributed by atoms with E-state index in [2.05, 4.69) is 69.8 Å². The van der Waals surface area contributed by atoms with Crippen LogP contribution >= 0.6 is 11.3 Å². The molecule has 1 atom stereocenters. The summed E-state index contributed by atoms with van der Waals surface area (Å²) < 4.78 is 0. The Morgan fingerprint density at radius 2 is 1.83 bits per heavy atom. The molecule has 1 aromatic heterocycles. The molecule has 3 aromatic rings. The van der Waals surface area contributed by atoms with Crippen LogP contribution in [0, 0.1) is 0 Å². The zero-order valence-corrected chi connectivity index (χ0v) is 21.3. The fourth-order valence-electron chi connectivity index (χ4n) is 4.14. The molecule has 0 radical (unpaired) electrons. The molecule has 1 aliphatic rings. The minimum Gasteiger partial charge on any atom is -0.365 e. The van der Waals surface area contributed by atoms with Gasteiger partial charge in [0, 0.05) is 49.8 Å². The first-order valence-electron chi connectivity index (χ1n) is 11.9. The Labute approximate surface area is 216 Å². The van der Waals surface area contributed by atoms with Gasteiger partial charge in [0.1, 0.15) is 0 Å². The summed E-state index contributed by atoms with van der Waals surface area (Å²) in [7, 11) is 0. The lowest BCUT2D eigenvalue weighted by molar-refractivity contribution is -0.119. The summed E-state index contributed by atoms with van der Waals surface area (Å²) >= 11 is 1.46. The number of carbonyl (C=O) groups is 2. The van der Waals surface area contributed by atoms with E-state index >= 15 is 0 Å². The Balaban J connectivity index is 1.24. The Morgan fingerprint density at radius 1 is 1.11 bits per heavy atom. The lowest BCUT2D eigenvalue weighted by atomic mass is 10.0. The molecule has 2 amide bonds. The second-order valence-electron chi connectivity index (χ2n) is 8.78. The van der Waals surface area contributed by atoms with Gasteiger partial charge in [0.25, 0.3) is 5.91 Å². The van der Waals surface area contributed by atoms with Crippen molar-refractivity contribution in [2.75, 3.05) is 25.0 Å². The van der Waals surface area contributed by atoms with Crippen molar-refractivity contribution in [1.82, 2.24) is 20.1 Å². The number of benzene rings is 2. The van der Waals surface area contributed by atoms with Crippen LogP contribution in [-0.2, 0) is 22.7 Å². The average Bonchev–Trinajstić information content (AvgIpc) is 3.35. The van der Waals surface area contributed by atoms with Crippen molar-refractivity contribution in [1.29, 1.82) is 0 Å². The predicted octanol–water partition coefficient (Wildman–Crippen LogP) is 4.27. The molecule has 0 bridgehead atoms. The van der Waals surface area contributed by atoms with Crippen LogP contribution in [0.25, 0.3) is 11.1 Å². The molecule has 1 unspecified atom stereocenters. The second-order valence-corrected chi connectivity index (χ2v) is 9.90. The summed E-state index contributed by atoms with van der Waals surface area (Å²) in [4.78, 5) is 34.0. The number of rotatable bonds is 9. The van der Waals surface area contributed by atoms with Gasteiger partial charge in [-0.1, -0.05) is 67.8 Å². The second kappa shape index (κ2) is 11.8. The molecule has 8 heteroatoms. The van der Waals surface area contributed by atoms with E-state index in [4.69, 9.17) is 0 Å². The fraction of sp³-hybridized carbons (Fsp3) is 0.250. The van der Waals surface area contributed by atoms with E-state index in [9.17, 15) is 9.59 Å². The first kappa shape index (κ1) is 25.3. The molecular formula is C28H31N5O2S. The largest absolute Gasteiger partial charge is 0.365 e. The maximum atomic E-state index is 12.8. The van der Waals surface area contributed by atoms with Crippen LogP contribution in [-0.4, -0.2) is 52.3 Å². The first-order chi connectivity index (χ1) is 17.4. The van der Waals surface area contributed by atoms with Crippen LogP contribution in [0.3, 0.4) is 0 Å². The van der Waals surface area contributed by atoms with E-state index in [1.807, 2.05) is 30.3 Å². The van der Waals surface area contributed by atoms with Gasteiger partial charge < -0.3 is 10.2 Å². The number of hydrogen-bond acceptors (Lipinski definition) is 6. The molecule has 186 valence electrons. The third-order valence-corrected chi connectivity index (χ3v) is 7.15. The number of thiazole rings is 1. The molecule has 1 saturated heterocycles. The Kier molecular flexibility index (Phi) is 8.30. The molecule has 7 nitrogen and oxygen atoms in total. The van der Waals surface area contributed by atoms with E-state index in [0.717, 1.165) is 42.2 Å². The maximum absolute atomic E-state index is 12.8. The molecule has 0 saturated carbocycles. The summed E-state index contributed by atoms with van der Waals surface area (Å²) in [5, 5.41) is 6.27. The van der Waals surface area contributed by atoms with Gasteiger partial charge in [-0.25, -0.2) is 4.98 Å². The highest BCUT2D eigenvalue weighted by atomic mass is 32.1. The summed E-state index contributed by atoms with van der Waals surface area (Å²) in [6.45, 7) is 13.1. The number of nitrogens with one attached hydrogen (secondary N) is 2. The number of anilines is 1. The number of aromatic nitrogens is 1. The van der Waals surface area contributed by atoms with Crippen molar-refractivity contribution in [3.05, 3.63) is 96.2 Å². The highest BCUT2D eigenvalue weighted by Crippen LogP contribution is 2.23. The quantitative estimate of drug-likeness (QED) is 0.428. The summed E-state index contributed by atoms with van der Waals surface area (Å²) in [6.07, 6.45) is 3.02. The zero-order chi connectivity index (χ0) is 25.5. The summed E-state index contributed by atoms with van der Waals surface area (Å²) in [5.74, 6) is -0.410. The lowest BCUT2D eigenvalue weighted by Crippen LogP contribution is -2.52. The van der Waals surface area contributed by atoms with Crippen LogP contribution in [0.15, 0.2) is 85.7 Å². The van der Waals surface area contributed by atoms with Crippen molar-refractivity contribution in [2.24, 2.45) is 0 Å². The van der Waals surface area contributed by atoms with Gasteiger partial charge in [0.2, 0.25) is 5.91 Å². The van der Waals surface area contributed by atoms with E-state index in [1.165, 1.54) is 23.0 Å². The molecule has 2 heterocycles. The van der Waals surface area contributed by atoms with E-state index in [0.29, 0.717) is 17.4 Å². The zero-order valence-electron chi connectivity index (χ0n) is 20.4. The predicted molar refractivity (Wildman–Crippen MR) is 145 cm³/mol. The normalized spacial score (nSPS) is 15.8. The van der Waals surface area contributed by atoms with Crippen LogP contribution in [0.1, 0.15) is 17.4 Å². The Morgan fingerprint density at radius 3 is 2.53 bits per heavy atom. The van der Waals surface area contributed by atoms with Crippen molar-refractivity contribution < 1.29 is 9.59 Å². The van der Waals surface area contributed by atoms with E-state index in [-0.39, 0.29) is 17.9 Å². The first-order valence-corrected chi connectivity index (χ1v) is 12.7. The number of nitrogens with zero attached hydrogens (tertiary/aromatic N) is 3. The lowest BCUT2D eigenvalue weighted by Gasteiger charge is -2.41. The van der Waals surface area contributed by atoms with E-state index in [1.54, 1.807) is 6.20 Å². The van der Waals surface area contributed by atoms with Crippen molar-refractivity contribution in [2.45, 2.75) is 26.1 Å². The topological polar surface area (TPSA) is 77.6 Å². The minimum absolute atomic E-state index is 0.146. The van der Waals surface area contributed by atoms with Crippen molar-refractivity contribution >= 4 is 28.3 Å². The third kappa shape index (κ3) is 6.47. The molecule has 4 rings (SSSR count). The highest BCUT2D eigenvalue weighted by molar-refractivity contribution is 7.15. The van der Waals surface area contributed by atoms with Crippen molar-refractivity contribution in [3.63, 3.8) is 0 Å². The average molecular weight is 502 g/mol. The van der Waals surface area contributed by atoms with Crippen LogP contribution in [0.5, 0.6) is 0 Å². The number of piperazine rings is 1. The number of amides is 2. The monoisotopic (exact) mass is 501 g/mol. The number of hydrogen-bond donors (Lipinski definition) is 2. The smallest absolute Gasteiger partial charge is 0.267 e. The van der Waals surface area contributed by atoms with Gasteiger partial charge >= 0.3 is 0 Å². The highest BCUT2D eigenvalue weighted by Gasteiger charge is 2.27. The van der Waals surface area contributed by atoms with E-state index < -0.39 is 0 Å². The van der Waals surface area contributed by atoms with Crippen LogP contribution < -0.4 is 10.6 Å². The van der Waals surface area contributed by atoms with Crippen LogP contribution in [0.2, 0.25) is 0 Å². The molecule has 2 aromatic carbocycles. The van der Waals surface area contributed by atoms with Crippen LogP contribution in [0.4, 0.5) is 5.13 Å². The molecule has 0 spiro atoms. The maximum Gasteiger partial charge on any atom is 0.267 e. The van der Waals surface area contributed by atoms with Gasteiger partial charge in [-0.2, -0.15) is 0 Å². The summed E-state index contributed by atoms with van der Waals surface area (Å²) in [5.41, 5.74) is 3.86. The third-order valence-electron chi connectivity index (χ3n) is 6.25. The standard InChI is InChI=1S/C28H31N5O2S/c1-4-26(34)31-28-30-17-25(36-28)19-32-14-15-33(18-20(32)2)21(3)27(35)29-16-22-10-12-24(13-11-22)23-8-6-5-7-9-23/h4-13,17,20H,1,3,14-16,18-19H2,2H3,(H,29,35)(H,30,31,34). The molecule has 36 heavy (non-hydrogen) atoms. The molecular weight excluding hydrogens is 470 g/mol. The molecule has 1 aliphatic heterocycles. The SMILES string of the molecule is C=CC(=O)Nc1ncc(CN2CCN(C(=C)C(=O)NCc3ccc(-c4ccccc4)cc3)CC2C)s1. The Bertz CT molecular complexity index is 1220. The fourth-order valence-corrected chi connectivity index (χ4v) is 4.99. The van der Waals surface area contributed by atoms with Gasteiger partial charge in [0.05, 0.1) is 5.70 Å². The van der Waals surface area contributed by atoms with Gasteiger partial charge in [0.15, 0.2) is 5.13 Å². The molecule has 2 N–H and O–H groups in total. The van der Waals surface area contributed by atoms with Gasteiger partial charge in [-0.15, -0.1) is 11.3 Å². The van der Waals surface area contributed by atoms with Crippen molar-refractivity contribution in [3.8, 4) is 11.1 Å².